The molecule has 0 radical (unpaired) electrons. The molecule has 0 fully saturated rings. The number of aromatic nitrogens is 2. The highest BCUT2D eigenvalue weighted by atomic mass is 19.1. The molecule has 0 aliphatic heterocycles. The van der Waals surface area contributed by atoms with Gasteiger partial charge in [0.05, 0.1) is 13.2 Å². The molecule has 1 heterocycles. The molecule has 3 aromatic rings. The number of halogens is 1. The van der Waals surface area contributed by atoms with Crippen LogP contribution in [-0.4, -0.2) is 23.4 Å². The quantitative estimate of drug-likeness (QED) is 0.648. The van der Waals surface area contributed by atoms with Gasteiger partial charge >= 0.3 is 0 Å². The van der Waals surface area contributed by atoms with E-state index in [1.165, 1.54) is 12.1 Å². The minimum Gasteiger partial charge on any atom is -0.493 e. The van der Waals surface area contributed by atoms with E-state index in [2.05, 4.69) is 17.1 Å². The van der Waals surface area contributed by atoms with Gasteiger partial charge in [-0.2, -0.15) is 4.98 Å². The Balaban J connectivity index is 1.89. The predicted octanol–water partition coefficient (Wildman–Crippen LogP) is 4.73. The Kier molecular flexibility index (Phi) is 4.97. The highest BCUT2D eigenvalue weighted by molar-refractivity contribution is 5.63. The third kappa shape index (κ3) is 3.79. The Morgan fingerprint density at radius 3 is 2.68 bits per heavy atom. The van der Waals surface area contributed by atoms with Gasteiger partial charge in [-0.15, -0.1) is 0 Å². The average molecular weight is 342 g/mol. The SMILES string of the molecule is CC[C@@H](C)Oc1ccc(-c2noc(-c3cccc(F)c3)n2)cc1OC. The van der Waals surface area contributed by atoms with Crippen molar-refractivity contribution in [2.75, 3.05) is 7.11 Å². The summed E-state index contributed by atoms with van der Waals surface area (Å²) < 4.78 is 29.8. The third-order valence-electron chi connectivity index (χ3n) is 3.82. The van der Waals surface area contributed by atoms with Gasteiger partial charge in [0.1, 0.15) is 5.82 Å². The maximum atomic E-state index is 13.3. The van der Waals surface area contributed by atoms with Gasteiger partial charge < -0.3 is 14.0 Å². The third-order valence-corrected chi connectivity index (χ3v) is 3.82. The van der Waals surface area contributed by atoms with E-state index < -0.39 is 0 Å². The standard InChI is InChI=1S/C19H19FN2O3/c1-4-12(2)24-16-9-8-13(11-17(16)23-3)18-21-19(25-22-18)14-6-5-7-15(20)10-14/h5-12H,4H2,1-3H3/t12-/m1/s1. The molecule has 0 aliphatic carbocycles. The number of rotatable bonds is 6. The van der Waals surface area contributed by atoms with Crippen molar-refractivity contribution in [2.45, 2.75) is 26.4 Å². The zero-order chi connectivity index (χ0) is 17.8. The molecule has 1 aromatic heterocycles. The van der Waals surface area contributed by atoms with E-state index in [0.717, 1.165) is 12.0 Å². The highest BCUT2D eigenvalue weighted by Gasteiger charge is 2.15. The first-order valence-electron chi connectivity index (χ1n) is 8.05. The molecule has 0 spiro atoms. The van der Waals surface area contributed by atoms with Crippen LogP contribution in [0.1, 0.15) is 20.3 Å². The summed E-state index contributed by atoms with van der Waals surface area (Å²) in [5.41, 5.74) is 1.25. The molecule has 1 atom stereocenters. The number of benzene rings is 2. The van der Waals surface area contributed by atoms with Gasteiger partial charge in [0.25, 0.3) is 5.89 Å². The van der Waals surface area contributed by atoms with E-state index in [-0.39, 0.29) is 17.8 Å². The maximum absolute atomic E-state index is 13.3. The van der Waals surface area contributed by atoms with Crippen LogP contribution >= 0.6 is 0 Å². The molecule has 0 unspecified atom stereocenters. The van der Waals surface area contributed by atoms with Crippen LogP contribution in [-0.2, 0) is 0 Å². The molecule has 2 aromatic carbocycles. The fourth-order valence-electron chi connectivity index (χ4n) is 2.28. The van der Waals surface area contributed by atoms with Gasteiger partial charge in [0.15, 0.2) is 11.5 Å². The summed E-state index contributed by atoms with van der Waals surface area (Å²) in [4.78, 5) is 4.33. The van der Waals surface area contributed by atoms with Gasteiger partial charge in [-0.3, -0.25) is 0 Å². The number of methoxy groups -OCH3 is 1. The first-order valence-corrected chi connectivity index (χ1v) is 8.05. The van der Waals surface area contributed by atoms with Crippen molar-refractivity contribution in [2.24, 2.45) is 0 Å². The van der Waals surface area contributed by atoms with Crippen molar-refractivity contribution in [3.05, 3.63) is 48.3 Å². The molecule has 0 bridgehead atoms. The number of ether oxygens (including phenoxy) is 2. The first kappa shape index (κ1) is 17.0. The van der Waals surface area contributed by atoms with Crippen LogP contribution in [0.4, 0.5) is 4.39 Å². The molecule has 0 N–H and O–H groups in total. The normalized spacial score (nSPS) is 12.0. The molecule has 0 saturated carbocycles. The van der Waals surface area contributed by atoms with Crippen molar-refractivity contribution in [1.29, 1.82) is 0 Å². The van der Waals surface area contributed by atoms with Crippen LogP contribution in [0.5, 0.6) is 11.5 Å². The summed E-state index contributed by atoms with van der Waals surface area (Å²) in [5, 5.41) is 3.97. The van der Waals surface area contributed by atoms with Crippen LogP contribution in [0.2, 0.25) is 0 Å². The Labute approximate surface area is 145 Å². The average Bonchev–Trinajstić information content (AvgIpc) is 3.12. The molecule has 130 valence electrons. The monoisotopic (exact) mass is 342 g/mol. The van der Waals surface area contributed by atoms with E-state index in [0.29, 0.717) is 22.9 Å². The Hall–Kier alpha value is -2.89. The largest absolute Gasteiger partial charge is 0.493 e. The Morgan fingerprint density at radius 2 is 1.96 bits per heavy atom. The molecular formula is C19H19FN2O3. The number of hydrogen-bond acceptors (Lipinski definition) is 5. The predicted molar refractivity (Wildman–Crippen MR) is 92.1 cm³/mol. The van der Waals surface area contributed by atoms with E-state index >= 15 is 0 Å². The minimum absolute atomic E-state index is 0.0875. The van der Waals surface area contributed by atoms with Crippen LogP contribution in [0.3, 0.4) is 0 Å². The van der Waals surface area contributed by atoms with Crippen LogP contribution in [0.25, 0.3) is 22.8 Å². The second-order valence-electron chi connectivity index (χ2n) is 5.64. The second-order valence-corrected chi connectivity index (χ2v) is 5.64. The van der Waals surface area contributed by atoms with Crippen LogP contribution in [0.15, 0.2) is 47.0 Å². The van der Waals surface area contributed by atoms with Gasteiger partial charge in [-0.05, 0) is 49.7 Å². The molecular weight excluding hydrogens is 323 g/mol. The van der Waals surface area contributed by atoms with E-state index in [4.69, 9.17) is 14.0 Å². The fraction of sp³-hybridized carbons (Fsp3) is 0.263. The summed E-state index contributed by atoms with van der Waals surface area (Å²) in [7, 11) is 1.58. The van der Waals surface area contributed by atoms with Crippen molar-refractivity contribution in [3.8, 4) is 34.3 Å². The molecule has 25 heavy (non-hydrogen) atoms. The van der Waals surface area contributed by atoms with E-state index in [1.807, 2.05) is 19.1 Å². The lowest BCUT2D eigenvalue weighted by Crippen LogP contribution is -2.10. The molecule has 3 rings (SSSR count). The summed E-state index contributed by atoms with van der Waals surface area (Å²) >= 11 is 0. The number of hydrogen-bond donors (Lipinski definition) is 0. The highest BCUT2D eigenvalue weighted by Crippen LogP contribution is 2.33. The lowest BCUT2D eigenvalue weighted by Gasteiger charge is -2.15. The van der Waals surface area contributed by atoms with Gasteiger partial charge in [-0.25, -0.2) is 4.39 Å². The lowest BCUT2D eigenvalue weighted by atomic mass is 10.2. The Morgan fingerprint density at radius 1 is 1.12 bits per heavy atom. The van der Waals surface area contributed by atoms with Gasteiger partial charge in [0.2, 0.25) is 5.82 Å². The zero-order valence-corrected chi connectivity index (χ0v) is 14.3. The molecule has 0 aliphatic rings. The molecule has 6 heteroatoms. The maximum Gasteiger partial charge on any atom is 0.258 e. The lowest BCUT2D eigenvalue weighted by molar-refractivity contribution is 0.207. The molecule has 5 nitrogen and oxygen atoms in total. The fourth-order valence-corrected chi connectivity index (χ4v) is 2.28. The van der Waals surface area contributed by atoms with Crippen molar-refractivity contribution in [3.63, 3.8) is 0 Å². The minimum atomic E-state index is -0.356. The zero-order valence-electron chi connectivity index (χ0n) is 14.3. The molecule has 0 saturated heterocycles. The molecule has 0 amide bonds. The van der Waals surface area contributed by atoms with Gasteiger partial charge in [-0.1, -0.05) is 18.1 Å². The van der Waals surface area contributed by atoms with E-state index in [1.54, 1.807) is 25.3 Å². The summed E-state index contributed by atoms with van der Waals surface area (Å²) in [6, 6.07) is 11.5. The van der Waals surface area contributed by atoms with Crippen molar-refractivity contribution >= 4 is 0 Å². The summed E-state index contributed by atoms with van der Waals surface area (Å²) in [6.45, 7) is 4.05. The topological polar surface area (TPSA) is 57.4 Å². The Bertz CT molecular complexity index is 863. The second kappa shape index (κ2) is 7.34. The first-order chi connectivity index (χ1) is 12.1. The van der Waals surface area contributed by atoms with Crippen LogP contribution in [0, 0.1) is 5.82 Å². The summed E-state index contributed by atoms with van der Waals surface area (Å²) in [6.07, 6.45) is 0.983. The van der Waals surface area contributed by atoms with Crippen molar-refractivity contribution in [1.82, 2.24) is 10.1 Å². The summed E-state index contributed by atoms with van der Waals surface area (Å²) in [5.74, 6) is 1.55. The smallest absolute Gasteiger partial charge is 0.258 e. The van der Waals surface area contributed by atoms with Crippen molar-refractivity contribution < 1.29 is 18.4 Å². The van der Waals surface area contributed by atoms with Gasteiger partial charge in [0, 0.05) is 11.1 Å². The number of nitrogens with zero attached hydrogens (tertiary/aromatic N) is 2. The van der Waals surface area contributed by atoms with E-state index in [9.17, 15) is 4.39 Å². The van der Waals surface area contributed by atoms with Crippen LogP contribution < -0.4 is 9.47 Å².